The zero-order valence-corrected chi connectivity index (χ0v) is 10.6. The van der Waals surface area contributed by atoms with E-state index >= 15 is 0 Å². The molecule has 90 valence electrons. The summed E-state index contributed by atoms with van der Waals surface area (Å²) >= 11 is 0. The van der Waals surface area contributed by atoms with Crippen molar-refractivity contribution in [1.29, 1.82) is 0 Å². The van der Waals surface area contributed by atoms with Crippen LogP contribution in [0.3, 0.4) is 0 Å². The van der Waals surface area contributed by atoms with Gasteiger partial charge in [0.2, 0.25) is 0 Å². The molecule has 1 rings (SSSR count). The highest BCUT2D eigenvalue weighted by atomic mass is 16.5. The van der Waals surface area contributed by atoms with Gasteiger partial charge in [0.15, 0.2) is 0 Å². The number of nitrogens with two attached hydrogens (primary N) is 1. The lowest BCUT2D eigenvalue weighted by Gasteiger charge is -2.26. The Labute approximate surface area is 98.8 Å². The monoisotopic (exact) mass is 221 g/mol. The molecular weight excluding hydrogens is 198 g/mol. The quantitative estimate of drug-likeness (QED) is 0.801. The molecule has 0 amide bonds. The molecule has 0 saturated heterocycles. The zero-order valence-electron chi connectivity index (χ0n) is 10.6. The SMILES string of the molecule is CCC(N)(CC)COCc1ccc(C)cc1. The highest BCUT2D eigenvalue weighted by Gasteiger charge is 2.19. The summed E-state index contributed by atoms with van der Waals surface area (Å²) in [7, 11) is 0. The topological polar surface area (TPSA) is 35.2 Å². The van der Waals surface area contributed by atoms with Gasteiger partial charge in [0.25, 0.3) is 0 Å². The van der Waals surface area contributed by atoms with Crippen molar-refractivity contribution in [2.75, 3.05) is 6.61 Å². The fourth-order valence-corrected chi connectivity index (χ4v) is 1.51. The molecule has 0 aliphatic rings. The number of benzene rings is 1. The Hall–Kier alpha value is -0.860. The summed E-state index contributed by atoms with van der Waals surface area (Å²) in [5, 5.41) is 0. The van der Waals surface area contributed by atoms with Gasteiger partial charge in [-0.05, 0) is 25.3 Å². The van der Waals surface area contributed by atoms with Crippen molar-refractivity contribution < 1.29 is 4.74 Å². The smallest absolute Gasteiger partial charge is 0.0717 e. The van der Waals surface area contributed by atoms with Gasteiger partial charge in [0.1, 0.15) is 0 Å². The van der Waals surface area contributed by atoms with E-state index in [1.165, 1.54) is 11.1 Å². The summed E-state index contributed by atoms with van der Waals surface area (Å²) < 4.78 is 5.68. The second kappa shape index (κ2) is 6.02. The van der Waals surface area contributed by atoms with Gasteiger partial charge in [-0.1, -0.05) is 43.7 Å². The lowest BCUT2D eigenvalue weighted by molar-refractivity contribution is 0.0696. The zero-order chi connectivity index (χ0) is 12.0. The maximum Gasteiger partial charge on any atom is 0.0717 e. The Bertz CT molecular complexity index is 301. The molecule has 0 heterocycles. The molecule has 0 saturated carbocycles. The van der Waals surface area contributed by atoms with Crippen molar-refractivity contribution in [2.45, 2.75) is 45.8 Å². The molecule has 1 aromatic carbocycles. The van der Waals surface area contributed by atoms with E-state index in [9.17, 15) is 0 Å². The van der Waals surface area contributed by atoms with E-state index in [0.717, 1.165) is 12.8 Å². The molecule has 0 aliphatic heterocycles. The van der Waals surface area contributed by atoms with Crippen molar-refractivity contribution in [3.05, 3.63) is 35.4 Å². The molecule has 0 radical (unpaired) electrons. The van der Waals surface area contributed by atoms with Gasteiger partial charge in [-0.25, -0.2) is 0 Å². The first kappa shape index (κ1) is 13.2. The molecule has 0 fully saturated rings. The van der Waals surface area contributed by atoms with Crippen molar-refractivity contribution in [3.63, 3.8) is 0 Å². The van der Waals surface area contributed by atoms with Gasteiger partial charge < -0.3 is 10.5 Å². The van der Waals surface area contributed by atoms with Crippen LogP contribution in [0.15, 0.2) is 24.3 Å². The Morgan fingerprint density at radius 2 is 1.69 bits per heavy atom. The van der Waals surface area contributed by atoms with Crippen LogP contribution >= 0.6 is 0 Å². The van der Waals surface area contributed by atoms with Gasteiger partial charge in [0, 0.05) is 5.54 Å². The minimum absolute atomic E-state index is 0.162. The summed E-state index contributed by atoms with van der Waals surface area (Å²) in [6, 6.07) is 8.42. The van der Waals surface area contributed by atoms with Crippen LogP contribution < -0.4 is 5.73 Å². The van der Waals surface area contributed by atoms with Crippen LogP contribution in [0.1, 0.15) is 37.8 Å². The molecule has 16 heavy (non-hydrogen) atoms. The van der Waals surface area contributed by atoms with E-state index in [1.807, 2.05) is 0 Å². The standard InChI is InChI=1S/C14H23NO/c1-4-14(15,5-2)11-16-10-13-8-6-12(3)7-9-13/h6-9H,4-5,10-11,15H2,1-3H3. The van der Waals surface area contributed by atoms with E-state index in [0.29, 0.717) is 13.2 Å². The first-order chi connectivity index (χ1) is 7.59. The summed E-state index contributed by atoms with van der Waals surface area (Å²) in [6.45, 7) is 7.59. The first-order valence-corrected chi connectivity index (χ1v) is 6.02. The number of hydrogen-bond donors (Lipinski definition) is 1. The number of aryl methyl sites for hydroxylation is 1. The van der Waals surface area contributed by atoms with E-state index in [1.54, 1.807) is 0 Å². The molecule has 0 aromatic heterocycles. The fraction of sp³-hybridized carbons (Fsp3) is 0.571. The number of ether oxygens (including phenoxy) is 1. The molecule has 0 atom stereocenters. The lowest BCUT2D eigenvalue weighted by Crippen LogP contribution is -2.43. The van der Waals surface area contributed by atoms with Crippen molar-refractivity contribution in [1.82, 2.24) is 0 Å². The Kier molecular flexibility index (Phi) is 4.97. The summed E-state index contributed by atoms with van der Waals surface area (Å²) in [4.78, 5) is 0. The van der Waals surface area contributed by atoms with Gasteiger partial charge in [0.05, 0.1) is 13.2 Å². The molecule has 0 bridgehead atoms. The average molecular weight is 221 g/mol. The molecule has 2 N–H and O–H groups in total. The molecule has 2 nitrogen and oxygen atoms in total. The van der Waals surface area contributed by atoms with Crippen LogP contribution in [-0.4, -0.2) is 12.1 Å². The first-order valence-electron chi connectivity index (χ1n) is 6.02. The Morgan fingerprint density at radius 3 is 2.19 bits per heavy atom. The molecular formula is C14H23NO. The largest absolute Gasteiger partial charge is 0.375 e. The van der Waals surface area contributed by atoms with Crippen LogP contribution in [0, 0.1) is 6.92 Å². The molecule has 0 spiro atoms. The molecule has 0 unspecified atom stereocenters. The second-order valence-electron chi connectivity index (χ2n) is 4.55. The Morgan fingerprint density at radius 1 is 1.12 bits per heavy atom. The fourth-order valence-electron chi connectivity index (χ4n) is 1.51. The lowest BCUT2D eigenvalue weighted by atomic mass is 9.96. The van der Waals surface area contributed by atoms with Crippen LogP contribution in [0.25, 0.3) is 0 Å². The maximum absolute atomic E-state index is 6.16. The van der Waals surface area contributed by atoms with E-state index in [-0.39, 0.29) is 5.54 Å². The predicted octanol–water partition coefficient (Wildman–Crippen LogP) is 3.03. The minimum atomic E-state index is -0.162. The molecule has 1 aromatic rings. The number of hydrogen-bond acceptors (Lipinski definition) is 2. The molecule has 2 heteroatoms. The van der Waals surface area contributed by atoms with Crippen LogP contribution in [0.2, 0.25) is 0 Å². The van der Waals surface area contributed by atoms with Gasteiger partial charge in [-0.2, -0.15) is 0 Å². The van der Waals surface area contributed by atoms with E-state index in [2.05, 4.69) is 45.0 Å². The second-order valence-corrected chi connectivity index (χ2v) is 4.55. The third-order valence-corrected chi connectivity index (χ3v) is 3.19. The summed E-state index contributed by atoms with van der Waals surface area (Å²) in [5.74, 6) is 0. The highest BCUT2D eigenvalue weighted by molar-refractivity contribution is 5.20. The number of rotatable bonds is 6. The van der Waals surface area contributed by atoms with Crippen molar-refractivity contribution >= 4 is 0 Å². The van der Waals surface area contributed by atoms with Crippen LogP contribution in [-0.2, 0) is 11.3 Å². The van der Waals surface area contributed by atoms with Gasteiger partial charge >= 0.3 is 0 Å². The third-order valence-electron chi connectivity index (χ3n) is 3.19. The summed E-state index contributed by atoms with van der Waals surface area (Å²) in [6.07, 6.45) is 1.91. The maximum atomic E-state index is 6.16. The normalized spacial score (nSPS) is 11.8. The van der Waals surface area contributed by atoms with E-state index in [4.69, 9.17) is 10.5 Å². The minimum Gasteiger partial charge on any atom is -0.375 e. The average Bonchev–Trinajstić information content (AvgIpc) is 2.31. The van der Waals surface area contributed by atoms with E-state index < -0.39 is 0 Å². The Balaban J connectivity index is 2.38. The molecule has 0 aliphatic carbocycles. The van der Waals surface area contributed by atoms with Gasteiger partial charge in [-0.3, -0.25) is 0 Å². The highest BCUT2D eigenvalue weighted by Crippen LogP contribution is 2.13. The van der Waals surface area contributed by atoms with Crippen molar-refractivity contribution in [2.24, 2.45) is 5.73 Å². The van der Waals surface area contributed by atoms with Crippen LogP contribution in [0.4, 0.5) is 0 Å². The van der Waals surface area contributed by atoms with Gasteiger partial charge in [-0.15, -0.1) is 0 Å². The van der Waals surface area contributed by atoms with Crippen LogP contribution in [0.5, 0.6) is 0 Å². The van der Waals surface area contributed by atoms with Crippen molar-refractivity contribution in [3.8, 4) is 0 Å². The third kappa shape index (κ3) is 3.95. The predicted molar refractivity (Wildman–Crippen MR) is 68.3 cm³/mol. The summed E-state index contributed by atoms with van der Waals surface area (Å²) in [5.41, 5.74) is 8.48.